The smallest absolute Gasteiger partial charge is 0.161 e. The monoisotopic (exact) mass is 279 g/mol. The third-order valence-corrected chi connectivity index (χ3v) is 3.43. The molecule has 0 spiro atoms. The van der Waals surface area contributed by atoms with Gasteiger partial charge < -0.3 is 14.2 Å². The zero-order valence-electron chi connectivity index (χ0n) is 12.9. The van der Waals surface area contributed by atoms with E-state index in [9.17, 15) is 0 Å². The van der Waals surface area contributed by atoms with E-state index in [1.165, 1.54) is 5.56 Å². The lowest BCUT2D eigenvalue weighted by molar-refractivity contribution is -0.0705. The van der Waals surface area contributed by atoms with Crippen LogP contribution in [0.1, 0.15) is 26.3 Å². The number of hydrogen-bond donors (Lipinski definition) is 0. The first-order valence-corrected chi connectivity index (χ1v) is 7.30. The highest BCUT2D eigenvalue weighted by Gasteiger charge is 2.22. The van der Waals surface area contributed by atoms with Gasteiger partial charge in [-0.15, -0.1) is 0 Å². The predicted molar refractivity (Wildman–Crippen MR) is 79.4 cm³/mol. The van der Waals surface area contributed by atoms with Gasteiger partial charge in [0.25, 0.3) is 0 Å². The molecule has 0 aliphatic carbocycles. The Labute approximate surface area is 121 Å². The summed E-state index contributed by atoms with van der Waals surface area (Å²) in [5.41, 5.74) is 1.25. The van der Waals surface area contributed by atoms with Crippen molar-refractivity contribution in [3.05, 3.63) is 23.8 Å². The van der Waals surface area contributed by atoms with Crippen LogP contribution in [0, 0.1) is 0 Å². The molecule has 4 nitrogen and oxygen atoms in total. The Bertz CT molecular complexity index is 426. The summed E-state index contributed by atoms with van der Waals surface area (Å²) >= 11 is 0. The molecule has 1 fully saturated rings. The fraction of sp³-hybridized carbons (Fsp3) is 0.625. The molecule has 0 saturated carbocycles. The number of benzene rings is 1. The molecular weight excluding hydrogens is 254 g/mol. The Morgan fingerprint density at radius 1 is 1.20 bits per heavy atom. The fourth-order valence-electron chi connectivity index (χ4n) is 2.76. The average molecular weight is 279 g/mol. The van der Waals surface area contributed by atoms with Gasteiger partial charge in [0.1, 0.15) is 0 Å². The van der Waals surface area contributed by atoms with E-state index in [0.717, 1.165) is 31.1 Å². The highest BCUT2D eigenvalue weighted by Crippen LogP contribution is 2.28. The SMILES string of the molecule is CCOc1cc(CN2C[C@H](C)O[C@@H](C)C2)ccc1OC. The summed E-state index contributed by atoms with van der Waals surface area (Å²) < 4.78 is 16.7. The molecule has 1 aromatic rings. The molecule has 4 heteroatoms. The van der Waals surface area contributed by atoms with Crippen LogP contribution in [-0.4, -0.2) is 43.9 Å². The van der Waals surface area contributed by atoms with Crippen LogP contribution in [0.25, 0.3) is 0 Å². The topological polar surface area (TPSA) is 30.9 Å². The molecule has 0 bridgehead atoms. The van der Waals surface area contributed by atoms with Crippen molar-refractivity contribution in [2.24, 2.45) is 0 Å². The molecule has 1 aliphatic rings. The average Bonchev–Trinajstić information content (AvgIpc) is 2.38. The molecule has 0 amide bonds. The third-order valence-electron chi connectivity index (χ3n) is 3.43. The Morgan fingerprint density at radius 2 is 1.90 bits per heavy atom. The molecule has 1 saturated heterocycles. The van der Waals surface area contributed by atoms with Crippen LogP contribution in [0.15, 0.2) is 18.2 Å². The highest BCUT2D eigenvalue weighted by molar-refractivity contribution is 5.42. The van der Waals surface area contributed by atoms with Gasteiger partial charge in [0.15, 0.2) is 11.5 Å². The van der Waals surface area contributed by atoms with E-state index in [4.69, 9.17) is 14.2 Å². The normalized spacial score (nSPS) is 23.6. The first-order valence-electron chi connectivity index (χ1n) is 7.30. The molecule has 0 N–H and O–H groups in total. The summed E-state index contributed by atoms with van der Waals surface area (Å²) in [6.45, 7) is 9.75. The van der Waals surface area contributed by atoms with Gasteiger partial charge in [-0.2, -0.15) is 0 Å². The largest absolute Gasteiger partial charge is 0.493 e. The van der Waals surface area contributed by atoms with Crippen molar-refractivity contribution in [3.63, 3.8) is 0 Å². The van der Waals surface area contributed by atoms with Crippen LogP contribution < -0.4 is 9.47 Å². The number of methoxy groups -OCH3 is 1. The van der Waals surface area contributed by atoms with Crippen LogP contribution >= 0.6 is 0 Å². The van der Waals surface area contributed by atoms with Crippen molar-refractivity contribution in [3.8, 4) is 11.5 Å². The zero-order chi connectivity index (χ0) is 14.5. The van der Waals surface area contributed by atoms with Gasteiger partial charge in [0.2, 0.25) is 0 Å². The second-order valence-corrected chi connectivity index (χ2v) is 5.37. The first kappa shape index (κ1) is 15.1. The second-order valence-electron chi connectivity index (χ2n) is 5.37. The van der Waals surface area contributed by atoms with Crippen molar-refractivity contribution >= 4 is 0 Å². The van der Waals surface area contributed by atoms with Crippen molar-refractivity contribution < 1.29 is 14.2 Å². The predicted octanol–water partition coefficient (Wildman–Crippen LogP) is 2.70. The van der Waals surface area contributed by atoms with Crippen molar-refractivity contribution in [2.75, 3.05) is 26.8 Å². The molecule has 2 rings (SSSR count). The molecule has 1 aromatic carbocycles. The molecule has 0 radical (unpaired) electrons. The third kappa shape index (κ3) is 3.87. The Morgan fingerprint density at radius 3 is 2.50 bits per heavy atom. The van der Waals surface area contributed by atoms with Gasteiger partial charge in [-0.05, 0) is 38.5 Å². The number of rotatable bonds is 5. The summed E-state index contributed by atoms with van der Waals surface area (Å²) in [5.74, 6) is 1.61. The Balaban J connectivity index is 2.07. The van der Waals surface area contributed by atoms with E-state index in [-0.39, 0.29) is 0 Å². The molecule has 0 unspecified atom stereocenters. The zero-order valence-corrected chi connectivity index (χ0v) is 12.9. The first-order chi connectivity index (χ1) is 9.62. The molecule has 1 aliphatic heterocycles. The minimum absolute atomic E-state index is 0.295. The van der Waals surface area contributed by atoms with Gasteiger partial charge in [-0.25, -0.2) is 0 Å². The summed E-state index contributed by atoms with van der Waals surface area (Å²) in [7, 11) is 1.67. The fourth-order valence-corrected chi connectivity index (χ4v) is 2.76. The van der Waals surface area contributed by atoms with Gasteiger partial charge in [0.05, 0.1) is 25.9 Å². The van der Waals surface area contributed by atoms with Crippen molar-refractivity contribution in [1.29, 1.82) is 0 Å². The van der Waals surface area contributed by atoms with Gasteiger partial charge in [0, 0.05) is 19.6 Å². The van der Waals surface area contributed by atoms with E-state index in [1.54, 1.807) is 7.11 Å². The van der Waals surface area contributed by atoms with Crippen molar-refractivity contribution in [2.45, 2.75) is 39.5 Å². The van der Waals surface area contributed by atoms with Gasteiger partial charge in [-0.1, -0.05) is 6.07 Å². The number of ether oxygens (including phenoxy) is 3. The minimum atomic E-state index is 0.295. The lowest BCUT2D eigenvalue weighted by Crippen LogP contribution is -2.44. The Kier molecular flexibility index (Phi) is 5.26. The van der Waals surface area contributed by atoms with Gasteiger partial charge >= 0.3 is 0 Å². The maximum Gasteiger partial charge on any atom is 0.161 e. The number of hydrogen-bond acceptors (Lipinski definition) is 4. The van der Waals surface area contributed by atoms with Crippen LogP contribution in [0.4, 0.5) is 0 Å². The lowest BCUT2D eigenvalue weighted by Gasteiger charge is -2.35. The van der Waals surface area contributed by atoms with E-state index in [2.05, 4.69) is 30.9 Å². The lowest BCUT2D eigenvalue weighted by atomic mass is 10.1. The number of morpholine rings is 1. The summed E-state index contributed by atoms with van der Waals surface area (Å²) in [4.78, 5) is 2.43. The standard InChI is InChI=1S/C16H25NO3/c1-5-19-16-8-14(6-7-15(16)18-4)11-17-9-12(2)20-13(3)10-17/h6-8,12-13H,5,9-11H2,1-4H3/t12-,13-/m0/s1. The molecular formula is C16H25NO3. The van der Waals surface area contributed by atoms with Crippen molar-refractivity contribution in [1.82, 2.24) is 4.90 Å². The summed E-state index contributed by atoms with van der Waals surface area (Å²) in [5, 5.41) is 0. The molecule has 1 heterocycles. The molecule has 2 atom stereocenters. The minimum Gasteiger partial charge on any atom is -0.493 e. The van der Waals surface area contributed by atoms with Crippen LogP contribution in [0.2, 0.25) is 0 Å². The maximum absolute atomic E-state index is 5.77. The summed E-state index contributed by atoms with van der Waals surface area (Å²) in [6, 6.07) is 6.16. The second kappa shape index (κ2) is 6.95. The van der Waals surface area contributed by atoms with Crippen LogP contribution in [-0.2, 0) is 11.3 Å². The van der Waals surface area contributed by atoms with Gasteiger partial charge in [-0.3, -0.25) is 4.90 Å². The highest BCUT2D eigenvalue weighted by atomic mass is 16.5. The number of nitrogens with zero attached hydrogens (tertiary/aromatic N) is 1. The molecule has 112 valence electrons. The maximum atomic E-state index is 5.77. The van der Waals surface area contributed by atoms with Crippen LogP contribution in [0.3, 0.4) is 0 Å². The molecule has 20 heavy (non-hydrogen) atoms. The Hall–Kier alpha value is -1.26. The van der Waals surface area contributed by atoms with Crippen LogP contribution in [0.5, 0.6) is 11.5 Å². The molecule has 0 aromatic heterocycles. The van der Waals surface area contributed by atoms with E-state index in [0.29, 0.717) is 18.8 Å². The quantitative estimate of drug-likeness (QED) is 0.829. The van der Waals surface area contributed by atoms with E-state index in [1.807, 2.05) is 13.0 Å². The summed E-state index contributed by atoms with van der Waals surface area (Å²) in [6.07, 6.45) is 0.590. The van der Waals surface area contributed by atoms with E-state index >= 15 is 0 Å². The van der Waals surface area contributed by atoms with E-state index < -0.39 is 0 Å².